The van der Waals surface area contributed by atoms with Crippen LogP contribution in [0.25, 0.3) is 0 Å². The van der Waals surface area contributed by atoms with Crippen LogP contribution in [-0.2, 0) is 22.8 Å². The van der Waals surface area contributed by atoms with E-state index in [1.54, 1.807) is 13.8 Å². The minimum absolute atomic E-state index is 0.181. The molecule has 0 radical (unpaired) electrons. The number of hydrogen-bond acceptors (Lipinski definition) is 3. The standard InChI is InChI=1S/C13H24N2O2S/c1-4-13(14)9-12-5-6-15(10-12)7-8-18(16,17)11(2)3/h5-6,10-11,13H,4,7-9,14H2,1-3H3. The van der Waals surface area contributed by atoms with Gasteiger partial charge in [-0.3, -0.25) is 0 Å². The lowest BCUT2D eigenvalue weighted by molar-refractivity contribution is 0.580. The van der Waals surface area contributed by atoms with Crippen molar-refractivity contribution in [1.82, 2.24) is 4.57 Å². The molecule has 0 aliphatic rings. The van der Waals surface area contributed by atoms with Gasteiger partial charge in [0.15, 0.2) is 9.84 Å². The van der Waals surface area contributed by atoms with E-state index in [1.165, 1.54) is 5.56 Å². The summed E-state index contributed by atoms with van der Waals surface area (Å²) >= 11 is 0. The third-order valence-corrected chi connectivity index (χ3v) is 5.37. The molecule has 1 heterocycles. The van der Waals surface area contributed by atoms with Crippen LogP contribution in [0.5, 0.6) is 0 Å². The largest absolute Gasteiger partial charge is 0.353 e. The van der Waals surface area contributed by atoms with Crippen molar-refractivity contribution in [2.45, 2.75) is 51.4 Å². The molecule has 0 aliphatic heterocycles. The van der Waals surface area contributed by atoms with E-state index >= 15 is 0 Å². The third kappa shape index (κ3) is 4.46. The van der Waals surface area contributed by atoms with Crippen LogP contribution in [0.15, 0.2) is 18.5 Å². The fourth-order valence-corrected chi connectivity index (χ4v) is 2.60. The molecule has 18 heavy (non-hydrogen) atoms. The fraction of sp³-hybridized carbons (Fsp3) is 0.692. The third-order valence-electron chi connectivity index (χ3n) is 3.19. The highest BCUT2D eigenvalue weighted by molar-refractivity contribution is 7.91. The SMILES string of the molecule is CCC(N)Cc1ccn(CCS(=O)(=O)C(C)C)c1. The number of hydrogen-bond donors (Lipinski definition) is 1. The van der Waals surface area contributed by atoms with E-state index in [0.717, 1.165) is 12.8 Å². The van der Waals surface area contributed by atoms with Crippen molar-refractivity contribution in [2.24, 2.45) is 5.73 Å². The quantitative estimate of drug-likeness (QED) is 0.820. The number of sulfone groups is 1. The lowest BCUT2D eigenvalue weighted by atomic mass is 10.1. The normalized spacial score (nSPS) is 14.1. The van der Waals surface area contributed by atoms with E-state index in [-0.39, 0.29) is 17.0 Å². The predicted molar refractivity (Wildman–Crippen MR) is 75.3 cm³/mol. The summed E-state index contributed by atoms with van der Waals surface area (Å²) in [6.07, 6.45) is 5.71. The van der Waals surface area contributed by atoms with Crippen molar-refractivity contribution in [3.63, 3.8) is 0 Å². The van der Waals surface area contributed by atoms with Gasteiger partial charge in [0, 0.05) is 25.0 Å². The number of nitrogens with zero attached hydrogens (tertiary/aromatic N) is 1. The molecular weight excluding hydrogens is 248 g/mol. The summed E-state index contributed by atoms with van der Waals surface area (Å²) in [7, 11) is -2.96. The van der Waals surface area contributed by atoms with Gasteiger partial charge in [0.2, 0.25) is 0 Å². The smallest absolute Gasteiger partial charge is 0.154 e. The molecule has 0 aliphatic carbocycles. The maximum atomic E-state index is 11.7. The lowest BCUT2D eigenvalue weighted by Gasteiger charge is -2.08. The Morgan fingerprint density at radius 1 is 1.39 bits per heavy atom. The second-order valence-corrected chi connectivity index (χ2v) is 7.72. The van der Waals surface area contributed by atoms with Gasteiger partial charge in [-0.1, -0.05) is 6.92 Å². The van der Waals surface area contributed by atoms with E-state index in [9.17, 15) is 8.42 Å². The molecule has 2 N–H and O–H groups in total. The first-order chi connectivity index (χ1) is 8.35. The van der Waals surface area contributed by atoms with Gasteiger partial charge in [-0.15, -0.1) is 0 Å². The van der Waals surface area contributed by atoms with Crippen LogP contribution in [0, 0.1) is 0 Å². The van der Waals surface area contributed by atoms with E-state index in [1.807, 2.05) is 23.0 Å². The topological polar surface area (TPSA) is 65.1 Å². The van der Waals surface area contributed by atoms with E-state index in [2.05, 4.69) is 6.92 Å². The molecule has 5 heteroatoms. The van der Waals surface area contributed by atoms with Crippen LogP contribution in [0.1, 0.15) is 32.8 Å². The lowest BCUT2D eigenvalue weighted by Crippen LogP contribution is -2.21. The summed E-state index contributed by atoms with van der Waals surface area (Å²) in [5.41, 5.74) is 7.06. The molecule has 1 atom stereocenters. The average molecular weight is 272 g/mol. The molecular formula is C13H24N2O2S. The summed E-state index contributed by atoms with van der Waals surface area (Å²) in [4.78, 5) is 0. The number of rotatable bonds is 7. The van der Waals surface area contributed by atoms with Crippen molar-refractivity contribution >= 4 is 9.84 Å². The van der Waals surface area contributed by atoms with Gasteiger partial charge < -0.3 is 10.3 Å². The second kappa shape index (κ2) is 6.38. The second-order valence-electron chi connectivity index (χ2n) is 5.05. The van der Waals surface area contributed by atoms with Gasteiger partial charge in [0.1, 0.15) is 0 Å². The first-order valence-corrected chi connectivity index (χ1v) is 8.18. The van der Waals surface area contributed by atoms with Gasteiger partial charge >= 0.3 is 0 Å². The molecule has 1 unspecified atom stereocenters. The Labute approximate surface area is 110 Å². The first kappa shape index (κ1) is 15.2. The van der Waals surface area contributed by atoms with E-state index < -0.39 is 9.84 Å². The zero-order valence-electron chi connectivity index (χ0n) is 11.5. The molecule has 0 aromatic carbocycles. The zero-order chi connectivity index (χ0) is 13.8. The summed E-state index contributed by atoms with van der Waals surface area (Å²) in [5, 5.41) is -0.305. The van der Waals surface area contributed by atoms with Crippen LogP contribution in [0.4, 0.5) is 0 Å². The van der Waals surface area contributed by atoms with Crippen molar-refractivity contribution in [3.05, 3.63) is 24.0 Å². The van der Waals surface area contributed by atoms with Crippen molar-refractivity contribution in [2.75, 3.05) is 5.75 Å². The van der Waals surface area contributed by atoms with Crippen molar-refractivity contribution in [3.8, 4) is 0 Å². The highest BCUT2D eigenvalue weighted by Crippen LogP contribution is 2.07. The maximum absolute atomic E-state index is 11.7. The van der Waals surface area contributed by atoms with E-state index in [4.69, 9.17) is 5.73 Å². The fourth-order valence-electron chi connectivity index (χ4n) is 1.67. The Balaban J connectivity index is 2.55. The van der Waals surface area contributed by atoms with Crippen LogP contribution in [0.2, 0.25) is 0 Å². The van der Waals surface area contributed by atoms with E-state index in [0.29, 0.717) is 6.54 Å². The molecule has 0 bridgehead atoms. The Bertz CT molecular complexity index is 463. The van der Waals surface area contributed by atoms with Gasteiger partial charge in [0.05, 0.1) is 11.0 Å². The summed E-state index contributed by atoms with van der Waals surface area (Å²) < 4.78 is 25.3. The monoisotopic (exact) mass is 272 g/mol. The van der Waals surface area contributed by atoms with Crippen LogP contribution in [-0.4, -0.2) is 30.0 Å². The molecule has 1 aromatic heterocycles. The van der Waals surface area contributed by atoms with Gasteiger partial charge in [-0.2, -0.15) is 0 Å². The number of aryl methyl sites for hydroxylation is 1. The van der Waals surface area contributed by atoms with Crippen LogP contribution >= 0.6 is 0 Å². The molecule has 4 nitrogen and oxygen atoms in total. The van der Waals surface area contributed by atoms with Crippen molar-refractivity contribution < 1.29 is 8.42 Å². The summed E-state index contributed by atoms with van der Waals surface area (Å²) in [6, 6.07) is 2.19. The summed E-state index contributed by atoms with van der Waals surface area (Å²) in [5.74, 6) is 0.193. The minimum Gasteiger partial charge on any atom is -0.353 e. The van der Waals surface area contributed by atoms with Crippen molar-refractivity contribution in [1.29, 1.82) is 0 Å². The van der Waals surface area contributed by atoms with Gasteiger partial charge in [-0.25, -0.2) is 8.42 Å². The maximum Gasteiger partial charge on any atom is 0.154 e. The molecule has 1 rings (SSSR count). The molecule has 0 amide bonds. The number of nitrogens with two attached hydrogens (primary N) is 1. The molecule has 0 saturated carbocycles. The Hall–Kier alpha value is -0.810. The van der Waals surface area contributed by atoms with Gasteiger partial charge in [0.25, 0.3) is 0 Å². The Morgan fingerprint density at radius 2 is 2.06 bits per heavy atom. The van der Waals surface area contributed by atoms with Crippen LogP contribution in [0.3, 0.4) is 0 Å². The molecule has 1 aromatic rings. The summed E-state index contributed by atoms with van der Waals surface area (Å²) in [6.45, 7) is 6.02. The predicted octanol–water partition coefficient (Wildman–Crippen LogP) is 1.59. The van der Waals surface area contributed by atoms with Gasteiger partial charge in [-0.05, 0) is 38.3 Å². The molecule has 0 spiro atoms. The van der Waals surface area contributed by atoms with Crippen LogP contribution < -0.4 is 5.73 Å². The minimum atomic E-state index is -2.96. The Kier molecular flexibility index (Phi) is 5.41. The molecule has 104 valence electrons. The zero-order valence-corrected chi connectivity index (χ0v) is 12.3. The first-order valence-electron chi connectivity index (χ1n) is 6.47. The highest BCUT2D eigenvalue weighted by Gasteiger charge is 2.15. The Morgan fingerprint density at radius 3 is 2.61 bits per heavy atom. The molecule has 0 fully saturated rings. The average Bonchev–Trinajstić information content (AvgIpc) is 2.74. The molecule has 0 saturated heterocycles. The highest BCUT2D eigenvalue weighted by atomic mass is 32.2. The number of aromatic nitrogens is 1.